The highest BCUT2D eigenvalue weighted by atomic mass is 35.5. The van der Waals surface area contributed by atoms with E-state index in [1.165, 1.54) is 22.5 Å². The number of fused-ring (bicyclic) bond motifs is 1. The molecular formula is C24H28Cl2N6O3S. The molecule has 3 aromatic rings. The molecule has 0 bridgehead atoms. The maximum Gasteiger partial charge on any atom is 0.244 e. The molecule has 0 aliphatic carbocycles. The van der Waals surface area contributed by atoms with E-state index in [1.807, 2.05) is 38.1 Å². The van der Waals surface area contributed by atoms with E-state index in [-0.39, 0.29) is 15.8 Å². The minimum Gasteiger partial charge on any atom is -0.368 e. The van der Waals surface area contributed by atoms with Gasteiger partial charge in [-0.1, -0.05) is 49.2 Å². The number of carbonyl (C=O) groups is 1. The Kier molecular flexibility index (Phi) is 8.01. The molecule has 0 unspecified atom stereocenters. The molecule has 1 amide bonds. The topological polar surface area (TPSA) is 122 Å². The third-order valence-electron chi connectivity index (χ3n) is 6.12. The Hall–Kier alpha value is -2.50. The van der Waals surface area contributed by atoms with Gasteiger partial charge in [0.05, 0.1) is 17.1 Å². The van der Waals surface area contributed by atoms with E-state index in [9.17, 15) is 13.2 Å². The third kappa shape index (κ3) is 5.73. The smallest absolute Gasteiger partial charge is 0.244 e. The molecule has 1 aromatic heterocycles. The molecule has 12 heteroatoms. The highest BCUT2D eigenvalue weighted by molar-refractivity contribution is 7.89. The monoisotopic (exact) mass is 550 g/mol. The van der Waals surface area contributed by atoms with Gasteiger partial charge >= 0.3 is 0 Å². The van der Waals surface area contributed by atoms with Gasteiger partial charge in [0, 0.05) is 36.6 Å². The number of anilines is 1. The van der Waals surface area contributed by atoms with Crippen LogP contribution in [-0.4, -0.2) is 65.7 Å². The van der Waals surface area contributed by atoms with Crippen LogP contribution in [0.4, 0.5) is 5.82 Å². The van der Waals surface area contributed by atoms with Gasteiger partial charge in [-0.2, -0.15) is 4.31 Å². The summed E-state index contributed by atoms with van der Waals surface area (Å²) < 4.78 is 27.6. The number of aromatic nitrogens is 2. The number of sulfonamides is 1. The molecule has 1 saturated heterocycles. The Labute approximate surface area is 220 Å². The lowest BCUT2D eigenvalue weighted by atomic mass is 10.0. The molecule has 36 heavy (non-hydrogen) atoms. The molecule has 1 atom stereocenters. The normalized spacial score (nSPS) is 16.4. The molecule has 0 spiro atoms. The average Bonchev–Trinajstić information content (AvgIpc) is 2.82. The number of rotatable bonds is 8. The van der Waals surface area contributed by atoms with Crippen molar-refractivity contribution in [3.63, 3.8) is 0 Å². The van der Waals surface area contributed by atoms with Crippen molar-refractivity contribution in [2.45, 2.75) is 31.3 Å². The summed E-state index contributed by atoms with van der Waals surface area (Å²) in [5, 5.41) is 4.47. The van der Waals surface area contributed by atoms with Crippen LogP contribution in [-0.2, 0) is 21.4 Å². The van der Waals surface area contributed by atoms with Gasteiger partial charge in [-0.05, 0) is 36.2 Å². The first-order valence-electron chi connectivity index (χ1n) is 11.6. The van der Waals surface area contributed by atoms with Gasteiger partial charge in [0.1, 0.15) is 22.6 Å². The molecule has 4 rings (SSSR count). The second-order valence-electron chi connectivity index (χ2n) is 9.03. The number of para-hydroxylation sites is 1. The number of carbonyl (C=O) groups excluding carboxylic acids is 1. The summed E-state index contributed by atoms with van der Waals surface area (Å²) in [5.74, 6) is 0.642. The highest BCUT2D eigenvalue weighted by Crippen LogP contribution is 2.28. The van der Waals surface area contributed by atoms with E-state index in [0.29, 0.717) is 49.4 Å². The van der Waals surface area contributed by atoms with Crippen LogP contribution in [0.1, 0.15) is 19.7 Å². The van der Waals surface area contributed by atoms with Crippen LogP contribution in [0.15, 0.2) is 47.4 Å². The molecule has 1 fully saturated rings. The summed E-state index contributed by atoms with van der Waals surface area (Å²) in [6.45, 7) is 5.86. The number of piperazine rings is 1. The summed E-state index contributed by atoms with van der Waals surface area (Å²) >= 11 is 12.1. The zero-order valence-corrected chi connectivity index (χ0v) is 22.3. The van der Waals surface area contributed by atoms with E-state index in [4.69, 9.17) is 38.9 Å². The van der Waals surface area contributed by atoms with Crippen molar-refractivity contribution < 1.29 is 13.2 Å². The fourth-order valence-electron chi connectivity index (χ4n) is 4.17. The first-order valence-corrected chi connectivity index (χ1v) is 13.7. The van der Waals surface area contributed by atoms with Crippen LogP contribution in [0.25, 0.3) is 10.9 Å². The van der Waals surface area contributed by atoms with Gasteiger partial charge in [0.2, 0.25) is 15.9 Å². The summed E-state index contributed by atoms with van der Waals surface area (Å²) in [4.78, 5) is 23.5. The maximum absolute atomic E-state index is 13.1. The van der Waals surface area contributed by atoms with Gasteiger partial charge in [-0.3, -0.25) is 9.69 Å². The standard InChI is InChI=1S/C24H28Cl2N6O3S/c1-15(2)22(23(27)33)30-24-17-5-3-4-6-19(17)28-21(29-24)14-31-9-11-32(12-10-31)36(34,35)20-8-7-16(25)13-18(20)26/h3-8,13,15,22H,9-12,14H2,1-2H3,(H2,27,33)(H,28,29,30)/t22-/m0/s1. The van der Waals surface area contributed by atoms with Gasteiger partial charge < -0.3 is 11.1 Å². The van der Waals surface area contributed by atoms with Crippen molar-refractivity contribution in [1.29, 1.82) is 0 Å². The largest absolute Gasteiger partial charge is 0.368 e. The van der Waals surface area contributed by atoms with Crippen molar-refractivity contribution in [2.24, 2.45) is 11.7 Å². The number of nitrogens with zero attached hydrogens (tertiary/aromatic N) is 4. The lowest BCUT2D eigenvalue weighted by molar-refractivity contribution is -0.119. The number of primary amides is 1. The van der Waals surface area contributed by atoms with E-state index in [0.717, 1.165) is 10.9 Å². The Bertz CT molecular complexity index is 1380. The maximum atomic E-state index is 13.1. The zero-order chi connectivity index (χ0) is 26.0. The van der Waals surface area contributed by atoms with Crippen molar-refractivity contribution in [1.82, 2.24) is 19.2 Å². The fraction of sp³-hybridized carbons (Fsp3) is 0.375. The minimum atomic E-state index is -3.74. The Morgan fingerprint density at radius 2 is 1.78 bits per heavy atom. The SMILES string of the molecule is CC(C)[C@H](Nc1nc(CN2CCN(S(=O)(=O)c3ccc(Cl)cc3Cl)CC2)nc2ccccc12)C(N)=O. The number of halogens is 2. The number of nitrogens with one attached hydrogen (secondary N) is 1. The number of hydrogen-bond donors (Lipinski definition) is 2. The van der Waals surface area contributed by atoms with Crippen LogP contribution in [0, 0.1) is 5.92 Å². The van der Waals surface area contributed by atoms with Gasteiger partial charge in [0.15, 0.2) is 0 Å². The van der Waals surface area contributed by atoms with Crippen molar-refractivity contribution in [3.05, 3.63) is 58.3 Å². The molecule has 1 aliphatic heterocycles. The summed E-state index contributed by atoms with van der Waals surface area (Å²) in [7, 11) is -3.74. The van der Waals surface area contributed by atoms with Crippen LogP contribution >= 0.6 is 23.2 Å². The van der Waals surface area contributed by atoms with E-state index >= 15 is 0 Å². The van der Waals surface area contributed by atoms with E-state index in [1.54, 1.807) is 0 Å². The molecule has 2 heterocycles. The molecule has 1 aliphatic rings. The molecule has 0 saturated carbocycles. The van der Waals surface area contributed by atoms with Crippen LogP contribution in [0.5, 0.6) is 0 Å². The van der Waals surface area contributed by atoms with Gasteiger partial charge in [-0.25, -0.2) is 18.4 Å². The summed E-state index contributed by atoms with van der Waals surface area (Å²) in [6, 6.07) is 11.4. The average molecular weight is 552 g/mol. The summed E-state index contributed by atoms with van der Waals surface area (Å²) in [5.41, 5.74) is 6.35. The number of amides is 1. The predicted octanol–water partition coefficient (Wildman–Crippen LogP) is 3.36. The highest BCUT2D eigenvalue weighted by Gasteiger charge is 2.30. The van der Waals surface area contributed by atoms with Crippen LogP contribution in [0.3, 0.4) is 0 Å². The van der Waals surface area contributed by atoms with Gasteiger partial charge in [0.25, 0.3) is 0 Å². The van der Waals surface area contributed by atoms with Crippen LogP contribution in [0.2, 0.25) is 10.0 Å². The molecular weight excluding hydrogens is 523 g/mol. The molecule has 2 aromatic carbocycles. The quantitative estimate of drug-likeness (QED) is 0.440. The van der Waals surface area contributed by atoms with E-state index in [2.05, 4.69) is 10.2 Å². The fourth-order valence-corrected chi connectivity index (χ4v) is 6.34. The number of nitrogens with two attached hydrogens (primary N) is 1. The number of benzene rings is 2. The minimum absolute atomic E-state index is 0.0242. The van der Waals surface area contributed by atoms with Crippen molar-refractivity contribution in [2.75, 3.05) is 31.5 Å². The lowest BCUT2D eigenvalue weighted by Crippen LogP contribution is -2.48. The second kappa shape index (κ2) is 10.9. The Balaban J connectivity index is 1.50. The Morgan fingerprint density at radius 1 is 1.08 bits per heavy atom. The first kappa shape index (κ1) is 26.6. The van der Waals surface area contributed by atoms with Gasteiger partial charge in [-0.15, -0.1) is 0 Å². The first-order chi connectivity index (χ1) is 17.1. The zero-order valence-electron chi connectivity index (χ0n) is 20.0. The second-order valence-corrected chi connectivity index (χ2v) is 11.8. The summed E-state index contributed by atoms with van der Waals surface area (Å²) in [6.07, 6.45) is 0. The molecule has 3 N–H and O–H groups in total. The molecule has 9 nitrogen and oxygen atoms in total. The molecule has 0 radical (unpaired) electrons. The lowest BCUT2D eigenvalue weighted by Gasteiger charge is -2.33. The third-order valence-corrected chi connectivity index (χ3v) is 8.74. The Morgan fingerprint density at radius 3 is 2.42 bits per heavy atom. The van der Waals surface area contributed by atoms with Crippen molar-refractivity contribution in [3.8, 4) is 0 Å². The number of hydrogen-bond acceptors (Lipinski definition) is 7. The predicted molar refractivity (Wildman–Crippen MR) is 141 cm³/mol. The van der Waals surface area contributed by atoms with Crippen molar-refractivity contribution >= 4 is 55.9 Å². The van der Waals surface area contributed by atoms with E-state index < -0.39 is 22.0 Å². The molecule has 192 valence electrons. The van der Waals surface area contributed by atoms with Crippen LogP contribution < -0.4 is 11.1 Å².